The second-order valence-electron chi connectivity index (χ2n) is 8.25. The monoisotopic (exact) mass is 436 g/mol. The Balaban J connectivity index is 0.000000213. The van der Waals surface area contributed by atoms with Gasteiger partial charge in [0.05, 0.1) is 41.9 Å². The summed E-state index contributed by atoms with van der Waals surface area (Å²) in [5.74, 6) is 0. The van der Waals surface area contributed by atoms with Crippen LogP contribution in [0.5, 0.6) is 0 Å². The largest absolute Gasteiger partial charge is 0.390 e. The molecule has 0 radical (unpaired) electrons. The maximum Gasteiger partial charge on any atom is 0.0949 e. The van der Waals surface area contributed by atoms with Crippen molar-refractivity contribution in [2.75, 3.05) is 39.3 Å². The van der Waals surface area contributed by atoms with Gasteiger partial charge in [0.1, 0.15) is 0 Å². The molecule has 0 aromatic carbocycles. The van der Waals surface area contributed by atoms with Crippen molar-refractivity contribution in [3.05, 3.63) is 35.4 Å². The fourth-order valence-electron chi connectivity index (χ4n) is 4.04. The Hall–Kier alpha value is -1.82. The first kappa shape index (κ1) is 25.4. The lowest BCUT2D eigenvalue weighted by atomic mass is 10.1. The first-order valence-corrected chi connectivity index (χ1v) is 10.6. The average Bonchev–Trinajstić information content (AvgIpc) is 3.30. The Morgan fingerprint density at radius 2 is 1.35 bits per heavy atom. The van der Waals surface area contributed by atoms with Gasteiger partial charge in [-0.15, -0.1) is 0 Å². The van der Waals surface area contributed by atoms with E-state index >= 15 is 0 Å². The zero-order valence-corrected chi connectivity index (χ0v) is 18.1. The maximum absolute atomic E-state index is 9.49. The summed E-state index contributed by atoms with van der Waals surface area (Å²) in [6, 6.07) is 0. The van der Waals surface area contributed by atoms with E-state index in [4.69, 9.17) is 11.5 Å². The number of hydrogen-bond acceptors (Lipinski definition) is 8. The first-order chi connectivity index (χ1) is 14.4. The van der Waals surface area contributed by atoms with Crippen LogP contribution in [0.4, 0.5) is 0 Å². The van der Waals surface area contributed by atoms with Gasteiger partial charge in [0.2, 0.25) is 0 Å². The number of β-amino-alcohol motifs (C(OH)–C–C–N with tert-alkyl or cyclic N) is 2. The Morgan fingerprint density at radius 1 is 0.839 bits per heavy atom. The quantitative estimate of drug-likeness (QED) is 0.445. The molecule has 0 bridgehead atoms. The number of aliphatic hydroxyl groups excluding tert-OH is 2. The van der Waals surface area contributed by atoms with Gasteiger partial charge in [-0.25, -0.2) is 9.97 Å². The van der Waals surface area contributed by atoms with Crippen molar-refractivity contribution in [1.82, 2.24) is 28.9 Å². The third-order valence-electron chi connectivity index (χ3n) is 5.85. The Kier molecular flexibility index (Phi) is 9.60. The Labute approximate surface area is 185 Å². The predicted molar refractivity (Wildman–Crippen MR) is 121 cm³/mol. The molecule has 2 atom stereocenters. The molecule has 6 N–H and O–H groups in total. The van der Waals surface area contributed by atoms with E-state index in [1.165, 1.54) is 17.1 Å². The second-order valence-corrected chi connectivity index (χ2v) is 8.25. The number of nitrogens with two attached hydrogens (primary N) is 2. The van der Waals surface area contributed by atoms with Crippen molar-refractivity contribution in [2.45, 2.75) is 45.6 Å². The van der Waals surface area contributed by atoms with Crippen molar-refractivity contribution in [3.8, 4) is 0 Å². The topological polar surface area (TPSA) is 135 Å². The molecule has 31 heavy (non-hydrogen) atoms. The van der Waals surface area contributed by atoms with Crippen LogP contribution in [-0.4, -0.2) is 90.6 Å². The van der Waals surface area contributed by atoms with Crippen molar-refractivity contribution in [2.24, 2.45) is 25.6 Å². The zero-order chi connectivity index (χ0) is 21.7. The van der Waals surface area contributed by atoms with Gasteiger partial charge in [-0.3, -0.25) is 9.80 Å². The number of rotatable bonds is 6. The summed E-state index contributed by atoms with van der Waals surface area (Å²) in [4.78, 5) is 13.1. The molecule has 176 valence electrons. The minimum absolute atomic E-state index is 0. The maximum atomic E-state index is 9.49. The molecule has 0 spiro atoms. The van der Waals surface area contributed by atoms with Gasteiger partial charge < -0.3 is 30.8 Å². The summed E-state index contributed by atoms with van der Waals surface area (Å²) in [6.07, 6.45) is 4.84. The van der Waals surface area contributed by atoms with Crippen LogP contribution in [0, 0.1) is 0 Å². The standard InChI is InChI=1S/2C10H18N4O.CH4/c1-13-7-12-9-6-14(3-2-10(9)13)5-8(15)4-11;1-13-7-12-9-2-3-14(6-10(9)13)5-8(15)4-11;/h2*7-8,15H,2-6,11H2,1H3;1H4/t2*8-;/m00./s1. The summed E-state index contributed by atoms with van der Waals surface area (Å²) in [5, 5.41) is 19.0. The molecule has 0 aliphatic carbocycles. The number of aromatic nitrogens is 4. The lowest BCUT2D eigenvalue weighted by Crippen LogP contribution is -2.39. The highest BCUT2D eigenvalue weighted by molar-refractivity contribution is 5.17. The molecule has 2 aromatic heterocycles. The molecule has 0 saturated carbocycles. The summed E-state index contributed by atoms with van der Waals surface area (Å²) in [7, 11) is 4.03. The van der Waals surface area contributed by atoms with Gasteiger partial charge in [-0.1, -0.05) is 7.43 Å². The van der Waals surface area contributed by atoms with Crippen LogP contribution in [0.3, 0.4) is 0 Å². The van der Waals surface area contributed by atoms with E-state index in [2.05, 4.69) is 28.9 Å². The summed E-state index contributed by atoms with van der Waals surface area (Å²) in [6.45, 7) is 5.58. The number of aryl methyl sites for hydroxylation is 2. The Morgan fingerprint density at radius 3 is 1.97 bits per heavy atom. The van der Waals surface area contributed by atoms with Crippen LogP contribution in [0.15, 0.2) is 12.7 Å². The van der Waals surface area contributed by atoms with E-state index in [1.54, 1.807) is 0 Å². The minimum atomic E-state index is -0.421. The molecule has 2 aliphatic rings. The molecule has 10 nitrogen and oxygen atoms in total. The van der Waals surface area contributed by atoms with E-state index in [0.717, 1.165) is 44.7 Å². The number of aliphatic hydroxyl groups is 2. The summed E-state index contributed by atoms with van der Waals surface area (Å²) < 4.78 is 4.13. The number of nitrogens with zero attached hydrogens (tertiary/aromatic N) is 6. The van der Waals surface area contributed by atoms with Crippen LogP contribution in [0.2, 0.25) is 0 Å². The smallest absolute Gasteiger partial charge is 0.0949 e. The average molecular weight is 437 g/mol. The molecule has 0 amide bonds. The highest BCUT2D eigenvalue weighted by Crippen LogP contribution is 2.17. The van der Waals surface area contributed by atoms with Gasteiger partial charge >= 0.3 is 0 Å². The third kappa shape index (κ3) is 6.58. The molecule has 0 saturated heterocycles. The van der Waals surface area contributed by atoms with Crippen molar-refractivity contribution >= 4 is 0 Å². The van der Waals surface area contributed by atoms with Gasteiger partial charge in [0.15, 0.2) is 0 Å². The van der Waals surface area contributed by atoms with E-state index in [-0.39, 0.29) is 7.43 Å². The molecular formula is C21H40N8O2. The highest BCUT2D eigenvalue weighted by Gasteiger charge is 2.22. The predicted octanol–water partition coefficient (Wildman–Crippen LogP) is -1.17. The van der Waals surface area contributed by atoms with Crippen LogP contribution in [0.25, 0.3) is 0 Å². The van der Waals surface area contributed by atoms with Crippen molar-refractivity contribution in [1.29, 1.82) is 0 Å². The molecule has 4 heterocycles. The van der Waals surface area contributed by atoms with Crippen molar-refractivity contribution in [3.63, 3.8) is 0 Å². The molecule has 4 rings (SSSR count). The van der Waals surface area contributed by atoms with E-state index in [0.29, 0.717) is 26.2 Å². The number of hydrogen-bond donors (Lipinski definition) is 4. The van der Waals surface area contributed by atoms with Gasteiger partial charge in [0.25, 0.3) is 0 Å². The summed E-state index contributed by atoms with van der Waals surface area (Å²) in [5.41, 5.74) is 15.7. The first-order valence-electron chi connectivity index (χ1n) is 10.6. The molecule has 2 aliphatic heterocycles. The van der Waals surface area contributed by atoms with E-state index < -0.39 is 12.2 Å². The molecule has 0 fully saturated rings. The zero-order valence-electron chi connectivity index (χ0n) is 18.1. The number of imidazole rings is 2. The molecule has 0 unspecified atom stereocenters. The van der Waals surface area contributed by atoms with Crippen LogP contribution in [-0.2, 0) is 40.0 Å². The second kappa shape index (κ2) is 11.7. The number of fused-ring (bicyclic) bond motifs is 2. The van der Waals surface area contributed by atoms with Crippen molar-refractivity contribution < 1.29 is 10.2 Å². The summed E-state index contributed by atoms with van der Waals surface area (Å²) >= 11 is 0. The molecule has 2 aromatic rings. The van der Waals surface area contributed by atoms with Gasteiger partial charge in [-0.2, -0.15) is 0 Å². The van der Waals surface area contributed by atoms with E-state index in [1.807, 2.05) is 26.7 Å². The SMILES string of the molecule is C.Cn1cnc2c1CCN(C[C@@H](O)CN)C2.Cn1cnc2c1CN(C[C@@H](O)CN)CC2. The molecular weight excluding hydrogens is 396 g/mol. The van der Waals surface area contributed by atoms with Gasteiger partial charge in [0, 0.05) is 85.0 Å². The third-order valence-corrected chi connectivity index (χ3v) is 5.85. The molecule has 10 heteroatoms. The van der Waals surface area contributed by atoms with Crippen LogP contribution >= 0.6 is 0 Å². The van der Waals surface area contributed by atoms with E-state index in [9.17, 15) is 10.2 Å². The lowest BCUT2D eigenvalue weighted by Gasteiger charge is -2.28. The van der Waals surface area contributed by atoms with Gasteiger partial charge in [-0.05, 0) is 0 Å². The fraction of sp³-hybridized carbons (Fsp3) is 0.714. The highest BCUT2D eigenvalue weighted by atomic mass is 16.3. The lowest BCUT2D eigenvalue weighted by molar-refractivity contribution is 0.109. The normalized spacial score (nSPS) is 18.3. The minimum Gasteiger partial charge on any atom is -0.390 e. The fourth-order valence-corrected chi connectivity index (χ4v) is 4.04. The van der Waals surface area contributed by atoms with Crippen LogP contribution in [0.1, 0.15) is 30.2 Å². The van der Waals surface area contributed by atoms with Crippen LogP contribution < -0.4 is 11.5 Å². The Bertz CT molecular complexity index is 805.